The van der Waals surface area contributed by atoms with Crippen LogP contribution in [0.3, 0.4) is 0 Å². The van der Waals surface area contributed by atoms with Crippen LogP contribution in [-0.2, 0) is 14.3 Å². The number of ether oxygens (including phenoxy) is 1. The van der Waals surface area contributed by atoms with E-state index in [4.69, 9.17) is 0 Å². The SMILES string of the molecule is CCC(C(=O)OC)C(=O)N(C)c1ccc(Br)s1. The Balaban J connectivity index is 2.84. The van der Waals surface area contributed by atoms with Gasteiger partial charge >= 0.3 is 5.97 Å². The number of hydrogen-bond acceptors (Lipinski definition) is 4. The van der Waals surface area contributed by atoms with E-state index < -0.39 is 11.9 Å². The fourth-order valence-electron chi connectivity index (χ4n) is 1.41. The molecule has 0 bridgehead atoms. The molecule has 6 heteroatoms. The van der Waals surface area contributed by atoms with Gasteiger partial charge in [-0.05, 0) is 34.5 Å². The van der Waals surface area contributed by atoms with E-state index in [1.54, 1.807) is 14.0 Å². The van der Waals surface area contributed by atoms with Gasteiger partial charge in [0.1, 0.15) is 5.92 Å². The monoisotopic (exact) mass is 319 g/mol. The van der Waals surface area contributed by atoms with Crippen LogP contribution in [0.25, 0.3) is 0 Å². The summed E-state index contributed by atoms with van der Waals surface area (Å²) in [5, 5.41) is 0.796. The lowest BCUT2D eigenvalue weighted by Crippen LogP contribution is -2.36. The zero-order valence-electron chi connectivity index (χ0n) is 9.90. The minimum absolute atomic E-state index is 0.242. The van der Waals surface area contributed by atoms with Gasteiger partial charge in [-0.2, -0.15) is 0 Å². The summed E-state index contributed by atoms with van der Waals surface area (Å²) in [5.41, 5.74) is 0. The number of amides is 1. The van der Waals surface area contributed by atoms with Gasteiger partial charge in [-0.1, -0.05) is 6.92 Å². The second-order valence-electron chi connectivity index (χ2n) is 3.46. The lowest BCUT2D eigenvalue weighted by atomic mass is 10.1. The zero-order valence-corrected chi connectivity index (χ0v) is 12.3. The summed E-state index contributed by atoms with van der Waals surface area (Å²) in [6.45, 7) is 1.79. The fraction of sp³-hybridized carbons (Fsp3) is 0.455. The number of carbonyl (C=O) groups excluding carboxylic acids is 2. The summed E-state index contributed by atoms with van der Waals surface area (Å²) in [6, 6.07) is 3.69. The molecule has 1 heterocycles. The molecule has 17 heavy (non-hydrogen) atoms. The van der Waals surface area contributed by atoms with Gasteiger partial charge in [-0.15, -0.1) is 11.3 Å². The van der Waals surface area contributed by atoms with E-state index in [9.17, 15) is 9.59 Å². The molecule has 1 rings (SSSR count). The van der Waals surface area contributed by atoms with Crippen molar-refractivity contribution in [2.24, 2.45) is 5.92 Å². The quantitative estimate of drug-likeness (QED) is 0.633. The van der Waals surface area contributed by atoms with Crippen molar-refractivity contribution in [2.75, 3.05) is 19.1 Å². The van der Waals surface area contributed by atoms with Crippen molar-refractivity contribution in [2.45, 2.75) is 13.3 Å². The number of hydrogen-bond donors (Lipinski definition) is 0. The Morgan fingerprint density at radius 3 is 2.59 bits per heavy atom. The summed E-state index contributed by atoms with van der Waals surface area (Å²) in [5.74, 6) is -1.46. The van der Waals surface area contributed by atoms with Crippen molar-refractivity contribution in [3.8, 4) is 0 Å². The molecule has 1 aromatic rings. The van der Waals surface area contributed by atoms with Crippen LogP contribution in [0.5, 0.6) is 0 Å². The highest BCUT2D eigenvalue weighted by molar-refractivity contribution is 9.11. The molecule has 0 aliphatic heterocycles. The molecule has 1 atom stereocenters. The van der Waals surface area contributed by atoms with Crippen molar-refractivity contribution in [1.29, 1.82) is 0 Å². The average molecular weight is 320 g/mol. The normalized spacial score (nSPS) is 12.0. The molecule has 0 fully saturated rings. The molecule has 1 aromatic heterocycles. The maximum absolute atomic E-state index is 12.1. The van der Waals surface area contributed by atoms with Gasteiger partial charge in [0.15, 0.2) is 0 Å². The lowest BCUT2D eigenvalue weighted by Gasteiger charge is -2.19. The Labute approximate surface area is 113 Å². The first-order valence-electron chi connectivity index (χ1n) is 5.12. The number of rotatable bonds is 4. The van der Waals surface area contributed by atoms with E-state index in [2.05, 4.69) is 20.7 Å². The number of halogens is 1. The summed E-state index contributed by atoms with van der Waals surface area (Å²) >= 11 is 4.78. The van der Waals surface area contributed by atoms with Crippen molar-refractivity contribution < 1.29 is 14.3 Å². The Hall–Kier alpha value is -0.880. The molecule has 0 N–H and O–H groups in total. The Morgan fingerprint density at radius 1 is 1.53 bits per heavy atom. The summed E-state index contributed by atoms with van der Waals surface area (Å²) in [4.78, 5) is 25.0. The van der Waals surface area contributed by atoms with Crippen LogP contribution >= 0.6 is 27.3 Å². The molecule has 0 saturated carbocycles. The lowest BCUT2D eigenvalue weighted by molar-refractivity contribution is -0.149. The fourth-order valence-corrected chi connectivity index (χ4v) is 2.74. The largest absolute Gasteiger partial charge is 0.468 e. The van der Waals surface area contributed by atoms with Gasteiger partial charge in [0.05, 0.1) is 15.9 Å². The van der Waals surface area contributed by atoms with E-state index in [-0.39, 0.29) is 5.91 Å². The van der Waals surface area contributed by atoms with Crippen LogP contribution in [0.4, 0.5) is 5.00 Å². The molecule has 1 unspecified atom stereocenters. The Kier molecular flexibility index (Phi) is 5.14. The van der Waals surface area contributed by atoms with Crippen LogP contribution in [0.2, 0.25) is 0 Å². The van der Waals surface area contributed by atoms with E-state index in [1.807, 2.05) is 12.1 Å². The molecule has 0 radical (unpaired) electrons. The smallest absolute Gasteiger partial charge is 0.318 e. The number of carbonyl (C=O) groups is 2. The topological polar surface area (TPSA) is 46.6 Å². The van der Waals surface area contributed by atoms with E-state index in [1.165, 1.54) is 23.3 Å². The molecular formula is C11H14BrNO3S. The van der Waals surface area contributed by atoms with E-state index in [0.29, 0.717) is 6.42 Å². The van der Waals surface area contributed by atoms with Crippen LogP contribution in [0.1, 0.15) is 13.3 Å². The third-order valence-electron chi connectivity index (χ3n) is 2.41. The van der Waals surface area contributed by atoms with Crippen LogP contribution < -0.4 is 4.90 Å². The molecular weight excluding hydrogens is 306 g/mol. The third kappa shape index (κ3) is 3.29. The van der Waals surface area contributed by atoms with Crippen LogP contribution in [-0.4, -0.2) is 26.0 Å². The summed E-state index contributed by atoms with van der Waals surface area (Å²) in [6.07, 6.45) is 0.433. The molecule has 0 saturated heterocycles. The first kappa shape index (κ1) is 14.2. The minimum Gasteiger partial charge on any atom is -0.468 e. The minimum atomic E-state index is -0.731. The molecule has 4 nitrogen and oxygen atoms in total. The third-order valence-corrected chi connectivity index (χ3v) is 4.11. The Bertz CT molecular complexity index is 419. The van der Waals surface area contributed by atoms with Crippen molar-refractivity contribution in [1.82, 2.24) is 0 Å². The van der Waals surface area contributed by atoms with E-state index >= 15 is 0 Å². The summed E-state index contributed by atoms with van der Waals surface area (Å²) in [7, 11) is 2.95. The number of anilines is 1. The van der Waals surface area contributed by atoms with Gasteiger partial charge in [-0.3, -0.25) is 9.59 Å². The number of methoxy groups -OCH3 is 1. The zero-order chi connectivity index (χ0) is 13.0. The van der Waals surface area contributed by atoms with Gasteiger partial charge in [0.25, 0.3) is 0 Å². The van der Waals surface area contributed by atoms with Crippen molar-refractivity contribution in [3.63, 3.8) is 0 Å². The molecule has 0 spiro atoms. The molecule has 0 aliphatic carbocycles. The first-order chi connectivity index (χ1) is 8.01. The predicted octanol–water partition coefficient (Wildman–Crippen LogP) is 2.67. The highest BCUT2D eigenvalue weighted by Gasteiger charge is 2.29. The van der Waals surface area contributed by atoms with Crippen molar-refractivity contribution >= 4 is 44.1 Å². The van der Waals surface area contributed by atoms with Crippen LogP contribution in [0, 0.1) is 5.92 Å². The number of thiophene rings is 1. The molecule has 0 aromatic carbocycles. The number of esters is 1. The molecule has 1 amide bonds. The average Bonchev–Trinajstić information content (AvgIpc) is 2.75. The first-order valence-corrected chi connectivity index (χ1v) is 6.73. The maximum atomic E-state index is 12.1. The van der Waals surface area contributed by atoms with Crippen molar-refractivity contribution in [3.05, 3.63) is 15.9 Å². The maximum Gasteiger partial charge on any atom is 0.318 e. The highest BCUT2D eigenvalue weighted by atomic mass is 79.9. The molecule has 94 valence electrons. The summed E-state index contributed by atoms with van der Waals surface area (Å²) < 4.78 is 5.57. The van der Waals surface area contributed by atoms with Gasteiger partial charge in [0, 0.05) is 7.05 Å². The Morgan fingerprint density at radius 2 is 2.18 bits per heavy atom. The van der Waals surface area contributed by atoms with Crippen LogP contribution in [0.15, 0.2) is 15.9 Å². The predicted molar refractivity (Wildman–Crippen MR) is 71.2 cm³/mol. The van der Waals surface area contributed by atoms with Gasteiger partial charge in [-0.25, -0.2) is 0 Å². The van der Waals surface area contributed by atoms with Gasteiger partial charge < -0.3 is 9.64 Å². The molecule has 0 aliphatic rings. The standard InChI is InChI=1S/C11H14BrNO3S/c1-4-7(11(15)16-3)10(14)13(2)9-6-5-8(12)17-9/h5-7H,4H2,1-3H3. The van der Waals surface area contributed by atoms with E-state index in [0.717, 1.165) is 8.79 Å². The second kappa shape index (κ2) is 6.16. The number of nitrogens with zero attached hydrogens (tertiary/aromatic N) is 1. The highest BCUT2D eigenvalue weighted by Crippen LogP contribution is 2.30. The second-order valence-corrected chi connectivity index (χ2v) is 5.90. The van der Waals surface area contributed by atoms with Gasteiger partial charge in [0.2, 0.25) is 5.91 Å².